The van der Waals surface area contributed by atoms with Crippen molar-refractivity contribution in [2.75, 3.05) is 33.4 Å². The van der Waals surface area contributed by atoms with Crippen LogP contribution in [0.1, 0.15) is 22.5 Å². The SMILES string of the molecule is COCC1(CNC(=O)c2cc3cc([N+](=O)[O-])ccc3s2)CCNCC1.Cl. The van der Waals surface area contributed by atoms with Gasteiger partial charge in [0, 0.05) is 41.3 Å². The number of thiophene rings is 1. The molecule has 3 rings (SSSR count). The molecule has 1 aromatic heterocycles. The van der Waals surface area contributed by atoms with Crippen molar-refractivity contribution in [1.29, 1.82) is 0 Å². The summed E-state index contributed by atoms with van der Waals surface area (Å²) in [4.78, 5) is 23.5. The minimum absolute atomic E-state index is 0. The molecule has 2 heterocycles. The Morgan fingerprint density at radius 3 is 2.77 bits per heavy atom. The van der Waals surface area contributed by atoms with Crippen LogP contribution in [-0.4, -0.2) is 44.2 Å². The summed E-state index contributed by atoms with van der Waals surface area (Å²) in [5.41, 5.74) is -0.00323. The van der Waals surface area contributed by atoms with E-state index in [1.807, 2.05) is 0 Å². The van der Waals surface area contributed by atoms with Crippen LogP contribution in [0.4, 0.5) is 5.69 Å². The number of nitro benzene ring substituents is 1. The van der Waals surface area contributed by atoms with E-state index in [-0.39, 0.29) is 29.4 Å². The Hall–Kier alpha value is -1.74. The van der Waals surface area contributed by atoms with Gasteiger partial charge in [0.25, 0.3) is 11.6 Å². The number of nitrogens with zero attached hydrogens (tertiary/aromatic N) is 1. The molecule has 1 fully saturated rings. The highest BCUT2D eigenvalue weighted by Crippen LogP contribution is 2.30. The largest absolute Gasteiger partial charge is 0.384 e. The summed E-state index contributed by atoms with van der Waals surface area (Å²) in [5.74, 6) is -0.141. The van der Waals surface area contributed by atoms with Gasteiger partial charge in [0.1, 0.15) is 0 Å². The van der Waals surface area contributed by atoms with Crippen LogP contribution < -0.4 is 10.6 Å². The van der Waals surface area contributed by atoms with Crippen molar-refractivity contribution in [2.45, 2.75) is 12.8 Å². The molecule has 7 nitrogen and oxygen atoms in total. The quantitative estimate of drug-likeness (QED) is 0.575. The summed E-state index contributed by atoms with van der Waals surface area (Å²) in [5, 5.41) is 17.9. The third kappa shape index (κ3) is 4.50. The second-order valence-corrected chi connectivity index (χ2v) is 7.54. The first kappa shape index (κ1) is 20.6. The van der Waals surface area contributed by atoms with E-state index >= 15 is 0 Å². The maximum Gasteiger partial charge on any atom is 0.270 e. The fourth-order valence-corrected chi connectivity index (χ4v) is 4.21. The monoisotopic (exact) mass is 399 g/mol. The molecule has 0 radical (unpaired) electrons. The minimum Gasteiger partial charge on any atom is -0.384 e. The number of fused-ring (bicyclic) bond motifs is 1. The summed E-state index contributed by atoms with van der Waals surface area (Å²) in [7, 11) is 1.69. The summed E-state index contributed by atoms with van der Waals surface area (Å²) >= 11 is 1.35. The Labute approximate surface area is 161 Å². The van der Waals surface area contributed by atoms with Crippen LogP contribution >= 0.6 is 23.7 Å². The van der Waals surface area contributed by atoms with Gasteiger partial charge in [-0.15, -0.1) is 23.7 Å². The van der Waals surface area contributed by atoms with E-state index in [0.29, 0.717) is 18.0 Å². The maximum atomic E-state index is 12.5. The van der Waals surface area contributed by atoms with Gasteiger partial charge >= 0.3 is 0 Å². The molecule has 1 aliphatic rings. The average molecular weight is 400 g/mol. The smallest absolute Gasteiger partial charge is 0.270 e. The number of carbonyl (C=O) groups excluding carboxylic acids is 1. The third-order valence-electron chi connectivity index (χ3n) is 4.67. The van der Waals surface area contributed by atoms with Gasteiger partial charge in [-0.05, 0) is 38.1 Å². The van der Waals surface area contributed by atoms with Crippen LogP contribution in [0.25, 0.3) is 10.1 Å². The van der Waals surface area contributed by atoms with Gasteiger partial charge in [0.15, 0.2) is 0 Å². The van der Waals surface area contributed by atoms with Crippen molar-refractivity contribution in [3.05, 3.63) is 39.3 Å². The molecule has 1 amide bonds. The molecule has 0 spiro atoms. The second-order valence-electron chi connectivity index (χ2n) is 6.46. The molecule has 2 aromatic rings. The lowest BCUT2D eigenvalue weighted by Crippen LogP contribution is -2.47. The molecule has 1 saturated heterocycles. The number of methoxy groups -OCH3 is 1. The van der Waals surface area contributed by atoms with Crippen molar-refractivity contribution in [3.63, 3.8) is 0 Å². The van der Waals surface area contributed by atoms with E-state index in [1.165, 1.54) is 23.5 Å². The topological polar surface area (TPSA) is 93.5 Å². The summed E-state index contributed by atoms with van der Waals surface area (Å²) in [6, 6.07) is 6.37. The number of piperidine rings is 1. The molecular weight excluding hydrogens is 378 g/mol. The summed E-state index contributed by atoms with van der Waals surface area (Å²) in [6.45, 7) is 3.03. The highest BCUT2D eigenvalue weighted by molar-refractivity contribution is 7.20. The van der Waals surface area contributed by atoms with E-state index < -0.39 is 4.92 Å². The third-order valence-corrected chi connectivity index (χ3v) is 5.79. The van der Waals surface area contributed by atoms with Gasteiger partial charge in [0.2, 0.25) is 0 Å². The number of nitro groups is 1. The van der Waals surface area contributed by atoms with E-state index in [2.05, 4.69) is 10.6 Å². The van der Waals surface area contributed by atoms with Gasteiger partial charge in [0.05, 0.1) is 16.4 Å². The summed E-state index contributed by atoms with van der Waals surface area (Å²) in [6.07, 6.45) is 1.92. The number of hydrogen-bond acceptors (Lipinski definition) is 6. The van der Waals surface area contributed by atoms with E-state index in [1.54, 1.807) is 19.2 Å². The Morgan fingerprint density at radius 1 is 1.38 bits per heavy atom. The van der Waals surface area contributed by atoms with Crippen LogP contribution in [0.15, 0.2) is 24.3 Å². The van der Waals surface area contributed by atoms with Crippen LogP contribution in [0, 0.1) is 15.5 Å². The normalized spacial score (nSPS) is 16.0. The fourth-order valence-electron chi connectivity index (χ4n) is 3.25. The number of non-ortho nitro benzene ring substituents is 1. The minimum atomic E-state index is -0.428. The summed E-state index contributed by atoms with van der Waals surface area (Å²) < 4.78 is 6.23. The molecule has 9 heteroatoms. The Balaban J connectivity index is 0.00000243. The number of nitrogens with one attached hydrogen (secondary N) is 2. The first-order valence-electron chi connectivity index (χ1n) is 8.19. The lowest BCUT2D eigenvalue weighted by Gasteiger charge is -2.37. The van der Waals surface area contributed by atoms with Gasteiger partial charge in [-0.25, -0.2) is 0 Å². The first-order valence-corrected chi connectivity index (χ1v) is 9.00. The number of hydrogen-bond donors (Lipinski definition) is 2. The predicted molar refractivity (Wildman–Crippen MR) is 104 cm³/mol. The molecule has 0 aliphatic carbocycles. The van der Waals surface area contributed by atoms with Crippen LogP contribution in [0.3, 0.4) is 0 Å². The lowest BCUT2D eigenvalue weighted by atomic mass is 9.79. The van der Waals surface area contributed by atoms with Crippen molar-refractivity contribution < 1.29 is 14.5 Å². The molecule has 0 unspecified atom stereocenters. The number of halogens is 1. The highest BCUT2D eigenvalue weighted by Gasteiger charge is 2.32. The molecule has 0 saturated carbocycles. The average Bonchev–Trinajstić information content (AvgIpc) is 3.04. The molecule has 26 heavy (non-hydrogen) atoms. The van der Waals surface area contributed by atoms with E-state index in [4.69, 9.17) is 4.74 Å². The number of amides is 1. The molecular formula is C17H22ClN3O4S. The van der Waals surface area contributed by atoms with Gasteiger partial charge in [-0.2, -0.15) is 0 Å². The molecule has 1 aliphatic heterocycles. The van der Waals surface area contributed by atoms with E-state index in [0.717, 1.165) is 36.0 Å². The Kier molecular flexibility index (Phi) is 6.94. The Morgan fingerprint density at radius 2 is 2.12 bits per heavy atom. The molecule has 1 aromatic carbocycles. The first-order chi connectivity index (χ1) is 12.0. The lowest BCUT2D eigenvalue weighted by molar-refractivity contribution is -0.384. The molecule has 2 N–H and O–H groups in total. The zero-order chi connectivity index (χ0) is 17.9. The van der Waals surface area contributed by atoms with Gasteiger partial charge in [-0.3, -0.25) is 14.9 Å². The maximum absolute atomic E-state index is 12.5. The zero-order valence-corrected chi connectivity index (χ0v) is 16.1. The van der Waals surface area contributed by atoms with Crippen LogP contribution in [0.2, 0.25) is 0 Å². The second kappa shape index (κ2) is 8.77. The molecule has 142 valence electrons. The van der Waals surface area contributed by atoms with E-state index in [9.17, 15) is 14.9 Å². The number of ether oxygens (including phenoxy) is 1. The zero-order valence-electron chi connectivity index (χ0n) is 14.4. The predicted octanol–water partition coefficient (Wildman–Crippen LogP) is 2.98. The van der Waals surface area contributed by atoms with Crippen molar-refractivity contribution in [1.82, 2.24) is 10.6 Å². The van der Waals surface area contributed by atoms with Crippen LogP contribution in [0.5, 0.6) is 0 Å². The number of rotatable bonds is 6. The Bertz CT molecular complexity index is 784. The van der Waals surface area contributed by atoms with Gasteiger partial charge in [-0.1, -0.05) is 0 Å². The van der Waals surface area contributed by atoms with Crippen molar-refractivity contribution in [3.8, 4) is 0 Å². The van der Waals surface area contributed by atoms with Crippen LogP contribution in [-0.2, 0) is 4.74 Å². The number of benzene rings is 1. The standard InChI is InChI=1S/C17H21N3O4S.ClH/c1-24-11-17(4-6-18-7-5-17)10-19-16(21)15-9-12-8-13(20(22)23)2-3-14(12)25-15;/h2-3,8-9,18H,4-7,10-11H2,1H3,(H,19,21);1H. The molecule has 0 bridgehead atoms. The van der Waals surface area contributed by atoms with Crippen molar-refractivity contribution in [2.24, 2.45) is 5.41 Å². The van der Waals surface area contributed by atoms with Crippen molar-refractivity contribution >= 4 is 45.4 Å². The molecule has 0 atom stereocenters. The fraction of sp³-hybridized carbons (Fsp3) is 0.471. The van der Waals surface area contributed by atoms with Gasteiger partial charge < -0.3 is 15.4 Å². The highest BCUT2D eigenvalue weighted by atomic mass is 35.5. The number of carbonyl (C=O) groups is 1.